The Bertz CT molecular complexity index is 773. The highest BCUT2D eigenvalue weighted by molar-refractivity contribution is 7.99. The molecule has 1 aromatic heterocycles. The Labute approximate surface area is 148 Å². The molecule has 132 valence electrons. The van der Waals surface area contributed by atoms with E-state index in [1.165, 1.54) is 36.0 Å². The summed E-state index contributed by atoms with van der Waals surface area (Å²) in [5.74, 6) is 0.278. The lowest BCUT2D eigenvalue weighted by molar-refractivity contribution is -0.119. The number of thioether (sulfide) groups is 1. The standard InChI is InChI=1S/C16H18FN5O2S/c1-2-22-14(10-3-4-10)19-21-16(22)25-9-13(23)18-20-15(24)11-5-7-12(17)8-6-11/h5-8,10H,2-4,9H2,1H3,(H,18,23)(H,20,24). The molecular weight excluding hydrogens is 345 g/mol. The lowest BCUT2D eigenvalue weighted by Crippen LogP contribution is -2.42. The van der Waals surface area contributed by atoms with Crippen molar-refractivity contribution in [1.82, 2.24) is 25.6 Å². The minimum atomic E-state index is -0.508. The van der Waals surface area contributed by atoms with Gasteiger partial charge in [0.2, 0.25) is 5.91 Å². The molecule has 1 fully saturated rings. The van der Waals surface area contributed by atoms with Crippen LogP contribution < -0.4 is 10.9 Å². The number of hydrogen-bond acceptors (Lipinski definition) is 5. The normalized spacial score (nSPS) is 13.5. The molecule has 2 N–H and O–H groups in total. The number of aromatic nitrogens is 3. The van der Waals surface area contributed by atoms with Gasteiger partial charge in [0, 0.05) is 18.0 Å². The molecule has 1 heterocycles. The predicted octanol–water partition coefficient (Wildman–Crippen LogP) is 1.87. The van der Waals surface area contributed by atoms with Crippen LogP contribution in [0.2, 0.25) is 0 Å². The van der Waals surface area contributed by atoms with E-state index in [0.29, 0.717) is 11.1 Å². The fraction of sp³-hybridized carbons (Fsp3) is 0.375. The van der Waals surface area contributed by atoms with Crippen molar-refractivity contribution in [1.29, 1.82) is 0 Å². The molecule has 9 heteroatoms. The van der Waals surface area contributed by atoms with Crippen molar-refractivity contribution in [3.8, 4) is 0 Å². The summed E-state index contributed by atoms with van der Waals surface area (Å²) in [6.45, 7) is 2.77. The number of nitrogens with zero attached hydrogens (tertiary/aromatic N) is 3. The van der Waals surface area contributed by atoms with Crippen molar-refractivity contribution < 1.29 is 14.0 Å². The van der Waals surface area contributed by atoms with Crippen molar-refractivity contribution in [2.45, 2.75) is 37.4 Å². The van der Waals surface area contributed by atoms with Crippen molar-refractivity contribution >= 4 is 23.6 Å². The van der Waals surface area contributed by atoms with E-state index in [0.717, 1.165) is 25.2 Å². The highest BCUT2D eigenvalue weighted by atomic mass is 32.2. The number of rotatable bonds is 6. The third kappa shape index (κ3) is 4.36. The third-order valence-corrected chi connectivity index (χ3v) is 4.73. The maximum atomic E-state index is 12.8. The summed E-state index contributed by atoms with van der Waals surface area (Å²) in [7, 11) is 0. The molecule has 7 nitrogen and oxygen atoms in total. The number of nitrogens with one attached hydrogen (secondary N) is 2. The SMILES string of the molecule is CCn1c(SCC(=O)NNC(=O)c2ccc(F)cc2)nnc1C1CC1. The Morgan fingerprint density at radius 2 is 1.96 bits per heavy atom. The molecule has 0 spiro atoms. The van der Waals surface area contributed by atoms with Gasteiger partial charge in [-0.3, -0.25) is 20.4 Å². The Morgan fingerprint density at radius 1 is 1.24 bits per heavy atom. The van der Waals surface area contributed by atoms with Gasteiger partial charge in [-0.15, -0.1) is 10.2 Å². The van der Waals surface area contributed by atoms with Crippen molar-refractivity contribution in [3.63, 3.8) is 0 Å². The zero-order valence-corrected chi connectivity index (χ0v) is 14.5. The van der Waals surface area contributed by atoms with Gasteiger partial charge in [0.1, 0.15) is 11.6 Å². The molecule has 3 rings (SSSR count). The van der Waals surface area contributed by atoms with Gasteiger partial charge in [-0.1, -0.05) is 11.8 Å². The fourth-order valence-corrected chi connectivity index (χ4v) is 3.12. The highest BCUT2D eigenvalue weighted by Crippen LogP contribution is 2.39. The van der Waals surface area contributed by atoms with Crippen LogP contribution in [0.5, 0.6) is 0 Å². The molecule has 1 aliphatic carbocycles. The number of hydrazine groups is 1. The van der Waals surface area contributed by atoms with Gasteiger partial charge in [0.15, 0.2) is 5.16 Å². The van der Waals surface area contributed by atoms with Gasteiger partial charge in [0.25, 0.3) is 5.91 Å². The number of halogens is 1. The number of hydrogen-bond donors (Lipinski definition) is 2. The summed E-state index contributed by atoms with van der Waals surface area (Å²) in [5, 5.41) is 9.05. The summed E-state index contributed by atoms with van der Waals surface area (Å²) < 4.78 is 14.8. The molecule has 0 saturated heterocycles. The Morgan fingerprint density at radius 3 is 2.60 bits per heavy atom. The molecule has 0 atom stereocenters. The van der Waals surface area contributed by atoms with E-state index >= 15 is 0 Å². The number of amides is 2. The molecule has 0 bridgehead atoms. The summed E-state index contributed by atoms with van der Waals surface area (Å²) >= 11 is 1.27. The van der Waals surface area contributed by atoms with Crippen molar-refractivity contribution in [2.75, 3.05) is 5.75 Å². The third-order valence-electron chi connectivity index (χ3n) is 3.76. The van der Waals surface area contributed by atoms with Gasteiger partial charge < -0.3 is 4.57 Å². The molecule has 2 amide bonds. The second-order valence-corrected chi connectivity index (χ2v) is 6.60. The molecule has 1 aliphatic rings. The monoisotopic (exact) mass is 363 g/mol. The first-order valence-corrected chi connectivity index (χ1v) is 8.97. The predicted molar refractivity (Wildman–Crippen MR) is 90.4 cm³/mol. The Balaban J connectivity index is 1.48. The number of benzene rings is 1. The van der Waals surface area contributed by atoms with E-state index < -0.39 is 11.7 Å². The maximum absolute atomic E-state index is 12.8. The van der Waals surface area contributed by atoms with Gasteiger partial charge in [-0.05, 0) is 44.0 Å². The smallest absolute Gasteiger partial charge is 0.269 e. The average Bonchev–Trinajstić information content (AvgIpc) is 3.38. The van der Waals surface area contributed by atoms with Crippen LogP contribution in [0.15, 0.2) is 29.4 Å². The fourth-order valence-electron chi connectivity index (χ4n) is 2.31. The Hall–Kier alpha value is -2.42. The number of carbonyl (C=O) groups is 2. The second kappa shape index (κ2) is 7.64. The van der Waals surface area contributed by atoms with Crippen molar-refractivity contribution in [2.24, 2.45) is 0 Å². The topological polar surface area (TPSA) is 88.9 Å². The molecule has 2 aromatic rings. The van der Waals surface area contributed by atoms with E-state index in [1.54, 1.807) is 0 Å². The molecule has 0 unspecified atom stereocenters. The first-order chi connectivity index (χ1) is 12.1. The largest absolute Gasteiger partial charge is 0.306 e. The molecular formula is C16H18FN5O2S. The summed E-state index contributed by atoms with van der Waals surface area (Å²) in [5.41, 5.74) is 4.89. The minimum absolute atomic E-state index is 0.104. The van der Waals surface area contributed by atoms with Gasteiger partial charge in [-0.25, -0.2) is 4.39 Å². The van der Waals surface area contributed by atoms with Crippen LogP contribution in [0, 0.1) is 5.82 Å². The van der Waals surface area contributed by atoms with Crippen LogP contribution in [0.3, 0.4) is 0 Å². The molecule has 0 aliphatic heterocycles. The summed E-state index contributed by atoms with van der Waals surface area (Å²) in [6, 6.07) is 5.05. The average molecular weight is 363 g/mol. The molecule has 25 heavy (non-hydrogen) atoms. The van der Waals surface area contributed by atoms with E-state index in [-0.39, 0.29) is 17.2 Å². The minimum Gasteiger partial charge on any atom is -0.306 e. The molecule has 0 radical (unpaired) electrons. The van der Waals surface area contributed by atoms with Crippen LogP contribution in [0.25, 0.3) is 0 Å². The van der Waals surface area contributed by atoms with Crippen LogP contribution in [0.1, 0.15) is 41.9 Å². The zero-order valence-electron chi connectivity index (χ0n) is 13.7. The van der Waals surface area contributed by atoms with Crippen LogP contribution in [0.4, 0.5) is 4.39 Å². The lowest BCUT2D eigenvalue weighted by atomic mass is 10.2. The van der Waals surface area contributed by atoms with Crippen LogP contribution >= 0.6 is 11.8 Å². The second-order valence-electron chi connectivity index (χ2n) is 5.66. The van der Waals surface area contributed by atoms with E-state index in [9.17, 15) is 14.0 Å². The molecule has 1 aromatic carbocycles. The molecule has 1 saturated carbocycles. The zero-order chi connectivity index (χ0) is 17.8. The van der Waals surface area contributed by atoms with Crippen molar-refractivity contribution in [3.05, 3.63) is 41.5 Å². The van der Waals surface area contributed by atoms with Crippen LogP contribution in [-0.2, 0) is 11.3 Å². The van der Waals surface area contributed by atoms with Crippen LogP contribution in [-0.4, -0.2) is 32.3 Å². The first-order valence-electron chi connectivity index (χ1n) is 7.99. The van der Waals surface area contributed by atoms with Gasteiger partial charge in [-0.2, -0.15) is 0 Å². The highest BCUT2D eigenvalue weighted by Gasteiger charge is 2.30. The van der Waals surface area contributed by atoms with E-state index in [2.05, 4.69) is 21.0 Å². The number of carbonyl (C=O) groups excluding carboxylic acids is 2. The Kier molecular flexibility index (Phi) is 5.32. The summed E-state index contributed by atoms with van der Waals surface area (Å²) in [6.07, 6.45) is 2.28. The summed E-state index contributed by atoms with van der Waals surface area (Å²) in [4.78, 5) is 23.7. The van der Waals surface area contributed by atoms with Gasteiger partial charge >= 0.3 is 0 Å². The van der Waals surface area contributed by atoms with E-state index in [4.69, 9.17) is 0 Å². The van der Waals surface area contributed by atoms with E-state index in [1.807, 2.05) is 11.5 Å². The first kappa shape index (κ1) is 17.4. The maximum Gasteiger partial charge on any atom is 0.269 e. The van der Waals surface area contributed by atoms with Gasteiger partial charge in [0.05, 0.1) is 5.75 Å². The lowest BCUT2D eigenvalue weighted by Gasteiger charge is -2.08. The quantitative estimate of drug-likeness (QED) is 0.604.